The molecule has 0 aliphatic carbocycles. The lowest BCUT2D eigenvalue weighted by atomic mass is 10.1. The molecule has 0 aromatic heterocycles. The summed E-state index contributed by atoms with van der Waals surface area (Å²) in [5, 5.41) is 3.28. The van der Waals surface area contributed by atoms with Crippen molar-refractivity contribution in [3.63, 3.8) is 0 Å². The zero-order chi connectivity index (χ0) is 15.4. The van der Waals surface area contributed by atoms with Crippen LogP contribution in [0.4, 0.5) is 13.2 Å². The van der Waals surface area contributed by atoms with E-state index in [1.807, 2.05) is 27.7 Å². The van der Waals surface area contributed by atoms with Crippen molar-refractivity contribution in [2.24, 2.45) is 0 Å². The highest BCUT2D eigenvalue weighted by atomic mass is 19.4. The molecular formula is C15H20F3NO. The first kappa shape index (κ1) is 16.6. The van der Waals surface area contributed by atoms with Crippen molar-refractivity contribution < 1.29 is 17.9 Å². The van der Waals surface area contributed by atoms with Gasteiger partial charge in [-0.1, -0.05) is 29.8 Å². The van der Waals surface area contributed by atoms with E-state index in [9.17, 15) is 13.2 Å². The molecule has 0 heterocycles. The zero-order valence-electron chi connectivity index (χ0n) is 12.1. The Morgan fingerprint density at radius 2 is 1.80 bits per heavy atom. The third-order valence-electron chi connectivity index (χ3n) is 2.44. The summed E-state index contributed by atoms with van der Waals surface area (Å²) < 4.78 is 40.9. The summed E-state index contributed by atoms with van der Waals surface area (Å²) in [6.07, 6.45) is -2.98. The monoisotopic (exact) mass is 287 g/mol. The Hall–Kier alpha value is -1.49. The van der Waals surface area contributed by atoms with Crippen LogP contribution in [0.3, 0.4) is 0 Å². The van der Waals surface area contributed by atoms with Crippen LogP contribution in [-0.2, 0) is 0 Å². The molecule has 1 aromatic carbocycles. The van der Waals surface area contributed by atoms with E-state index in [0.717, 1.165) is 5.57 Å². The number of halogens is 3. The molecule has 0 spiro atoms. The number of para-hydroxylation sites is 1. The molecule has 0 saturated carbocycles. The van der Waals surface area contributed by atoms with E-state index in [1.165, 1.54) is 12.1 Å². The topological polar surface area (TPSA) is 21.3 Å². The minimum absolute atomic E-state index is 0.0446. The molecule has 0 fully saturated rings. The molecule has 20 heavy (non-hydrogen) atoms. The van der Waals surface area contributed by atoms with Crippen LogP contribution >= 0.6 is 0 Å². The maximum atomic E-state index is 12.3. The number of alkyl halides is 3. The Morgan fingerprint density at radius 3 is 2.35 bits per heavy atom. The normalized spacial score (nSPS) is 13.4. The Kier molecular flexibility index (Phi) is 5.22. The van der Waals surface area contributed by atoms with Gasteiger partial charge in [-0.2, -0.15) is 0 Å². The molecule has 2 nitrogen and oxygen atoms in total. The van der Waals surface area contributed by atoms with Crippen molar-refractivity contribution in [2.45, 2.75) is 39.6 Å². The van der Waals surface area contributed by atoms with E-state index in [4.69, 9.17) is 0 Å². The highest BCUT2D eigenvalue weighted by molar-refractivity contribution is 5.59. The first-order valence-electron chi connectivity index (χ1n) is 6.34. The number of hydrogen-bond donors (Lipinski definition) is 1. The number of ether oxygens (including phenoxy) is 1. The van der Waals surface area contributed by atoms with Gasteiger partial charge in [0.1, 0.15) is 5.75 Å². The second-order valence-corrected chi connectivity index (χ2v) is 5.68. The van der Waals surface area contributed by atoms with Gasteiger partial charge < -0.3 is 10.1 Å². The third kappa shape index (κ3) is 6.61. The van der Waals surface area contributed by atoms with Crippen LogP contribution in [0.2, 0.25) is 0 Å². The van der Waals surface area contributed by atoms with Crippen LogP contribution in [0.5, 0.6) is 5.75 Å². The van der Waals surface area contributed by atoms with E-state index in [0.29, 0.717) is 12.1 Å². The fourth-order valence-corrected chi connectivity index (χ4v) is 1.54. The largest absolute Gasteiger partial charge is 0.573 e. The first-order chi connectivity index (χ1) is 9.07. The van der Waals surface area contributed by atoms with Gasteiger partial charge in [-0.05, 0) is 33.8 Å². The van der Waals surface area contributed by atoms with Crippen molar-refractivity contribution in [2.75, 3.05) is 6.54 Å². The SMILES string of the molecule is CC(=Cc1ccccc1OC(F)(F)F)CNC(C)(C)C. The second-order valence-electron chi connectivity index (χ2n) is 5.68. The fourth-order valence-electron chi connectivity index (χ4n) is 1.54. The molecule has 0 unspecified atom stereocenters. The molecule has 5 heteroatoms. The Morgan fingerprint density at radius 1 is 1.20 bits per heavy atom. The summed E-state index contributed by atoms with van der Waals surface area (Å²) >= 11 is 0. The summed E-state index contributed by atoms with van der Waals surface area (Å²) in [6, 6.07) is 6.10. The summed E-state index contributed by atoms with van der Waals surface area (Å²) in [6.45, 7) is 8.55. The average Bonchev–Trinajstić information content (AvgIpc) is 2.26. The second kappa shape index (κ2) is 6.31. The lowest BCUT2D eigenvalue weighted by molar-refractivity contribution is -0.274. The molecule has 1 rings (SSSR count). The minimum atomic E-state index is -4.68. The van der Waals surface area contributed by atoms with Gasteiger partial charge in [0.15, 0.2) is 0 Å². The predicted molar refractivity (Wildman–Crippen MR) is 74.5 cm³/mol. The first-order valence-corrected chi connectivity index (χ1v) is 6.34. The van der Waals surface area contributed by atoms with Crippen LogP contribution in [0.1, 0.15) is 33.3 Å². The van der Waals surface area contributed by atoms with E-state index in [-0.39, 0.29) is 11.3 Å². The summed E-state index contributed by atoms with van der Waals surface area (Å²) in [5.41, 5.74) is 1.30. The smallest absolute Gasteiger partial charge is 0.405 e. The van der Waals surface area contributed by atoms with Gasteiger partial charge in [0.2, 0.25) is 0 Å². The molecule has 0 amide bonds. The van der Waals surface area contributed by atoms with Gasteiger partial charge in [-0.3, -0.25) is 0 Å². The van der Waals surface area contributed by atoms with Crippen molar-refractivity contribution in [1.29, 1.82) is 0 Å². The Bertz CT molecular complexity index is 473. The molecule has 1 N–H and O–H groups in total. The van der Waals surface area contributed by atoms with Crippen molar-refractivity contribution in [3.8, 4) is 5.75 Å². The van der Waals surface area contributed by atoms with Crippen molar-refractivity contribution in [1.82, 2.24) is 5.32 Å². The number of benzene rings is 1. The van der Waals surface area contributed by atoms with Crippen LogP contribution in [0.15, 0.2) is 29.8 Å². The average molecular weight is 287 g/mol. The third-order valence-corrected chi connectivity index (χ3v) is 2.44. The van der Waals surface area contributed by atoms with Gasteiger partial charge in [0, 0.05) is 17.6 Å². The van der Waals surface area contributed by atoms with Crippen LogP contribution in [0, 0.1) is 0 Å². The predicted octanol–water partition coefficient (Wildman–Crippen LogP) is 4.38. The Balaban J connectivity index is 2.86. The molecule has 112 valence electrons. The van der Waals surface area contributed by atoms with Gasteiger partial charge in [0.25, 0.3) is 0 Å². The number of hydrogen-bond acceptors (Lipinski definition) is 2. The van der Waals surface area contributed by atoms with E-state index >= 15 is 0 Å². The molecule has 0 saturated heterocycles. The standard InChI is InChI=1S/C15H20F3NO/c1-11(10-19-14(2,3)4)9-12-7-5-6-8-13(12)20-15(16,17)18/h5-9,19H,10H2,1-4H3. The van der Waals surface area contributed by atoms with Crippen LogP contribution < -0.4 is 10.1 Å². The minimum Gasteiger partial charge on any atom is -0.405 e. The fraction of sp³-hybridized carbons (Fsp3) is 0.467. The summed E-state index contributed by atoms with van der Waals surface area (Å²) in [7, 11) is 0. The molecule has 0 bridgehead atoms. The molecule has 0 radical (unpaired) electrons. The van der Waals surface area contributed by atoms with Gasteiger partial charge in [-0.15, -0.1) is 13.2 Å². The molecule has 0 aliphatic heterocycles. The summed E-state index contributed by atoms with van der Waals surface area (Å²) in [4.78, 5) is 0. The maximum Gasteiger partial charge on any atom is 0.573 e. The van der Waals surface area contributed by atoms with E-state index in [1.54, 1.807) is 18.2 Å². The van der Waals surface area contributed by atoms with Crippen molar-refractivity contribution >= 4 is 6.08 Å². The zero-order valence-corrected chi connectivity index (χ0v) is 12.1. The number of nitrogens with one attached hydrogen (secondary N) is 1. The summed E-state index contributed by atoms with van der Waals surface area (Å²) in [5.74, 6) is -0.185. The number of rotatable bonds is 4. The maximum absolute atomic E-state index is 12.3. The van der Waals surface area contributed by atoms with Gasteiger partial charge in [-0.25, -0.2) is 0 Å². The Labute approximate surface area is 117 Å². The van der Waals surface area contributed by atoms with Gasteiger partial charge >= 0.3 is 6.36 Å². The molecular weight excluding hydrogens is 267 g/mol. The lowest BCUT2D eigenvalue weighted by Gasteiger charge is -2.20. The van der Waals surface area contributed by atoms with Crippen LogP contribution in [-0.4, -0.2) is 18.4 Å². The van der Waals surface area contributed by atoms with E-state index < -0.39 is 6.36 Å². The van der Waals surface area contributed by atoms with E-state index in [2.05, 4.69) is 10.1 Å². The molecule has 0 atom stereocenters. The quantitative estimate of drug-likeness (QED) is 0.887. The van der Waals surface area contributed by atoms with Crippen molar-refractivity contribution in [3.05, 3.63) is 35.4 Å². The highest BCUT2D eigenvalue weighted by Gasteiger charge is 2.31. The lowest BCUT2D eigenvalue weighted by Crippen LogP contribution is -2.36. The van der Waals surface area contributed by atoms with Crippen LogP contribution in [0.25, 0.3) is 6.08 Å². The highest BCUT2D eigenvalue weighted by Crippen LogP contribution is 2.27. The molecule has 0 aliphatic rings. The van der Waals surface area contributed by atoms with Gasteiger partial charge in [0.05, 0.1) is 0 Å². The molecule has 1 aromatic rings.